The molecule has 0 aliphatic carbocycles. The second-order valence-electron chi connectivity index (χ2n) is 5.44. The van der Waals surface area contributed by atoms with Crippen molar-refractivity contribution in [3.8, 4) is 0 Å². The van der Waals surface area contributed by atoms with Crippen LogP contribution >= 0.6 is 0 Å². The molecule has 6 heteroatoms. The Hall–Kier alpha value is -3.15. The molecular formula is C19H20N2O4. The molecule has 0 saturated heterocycles. The molecule has 0 aliphatic heterocycles. The van der Waals surface area contributed by atoms with Gasteiger partial charge in [0.1, 0.15) is 13.2 Å². The van der Waals surface area contributed by atoms with Gasteiger partial charge in [-0.2, -0.15) is 0 Å². The van der Waals surface area contributed by atoms with E-state index in [1.807, 2.05) is 30.3 Å². The van der Waals surface area contributed by atoms with Crippen molar-refractivity contribution in [3.63, 3.8) is 0 Å². The third kappa shape index (κ3) is 6.47. The van der Waals surface area contributed by atoms with Crippen LogP contribution in [0.4, 0.5) is 0 Å². The predicted octanol–water partition coefficient (Wildman–Crippen LogP) is 1.80. The molecule has 0 bridgehead atoms. The van der Waals surface area contributed by atoms with Gasteiger partial charge in [0.05, 0.1) is 0 Å². The quantitative estimate of drug-likeness (QED) is 0.753. The minimum atomic E-state index is -0.500. The van der Waals surface area contributed by atoms with Crippen molar-refractivity contribution >= 4 is 17.8 Å². The van der Waals surface area contributed by atoms with Gasteiger partial charge >= 0.3 is 5.97 Å². The first kappa shape index (κ1) is 18.2. The third-order valence-electron chi connectivity index (χ3n) is 3.39. The van der Waals surface area contributed by atoms with Gasteiger partial charge in [-0.05, 0) is 23.3 Å². The molecule has 0 unspecified atom stereocenters. The van der Waals surface area contributed by atoms with Gasteiger partial charge in [0.2, 0.25) is 5.91 Å². The van der Waals surface area contributed by atoms with E-state index in [-0.39, 0.29) is 25.0 Å². The van der Waals surface area contributed by atoms with Crippen LogP contribution in [0.15, 0.2) is 54.6 Å². The summed E-state index contributed by atoms with van der Waals surface area (Å²) in [6, 6.07) is 16.1. The molecule has 0 saturated carbocycles. The van der Waals surface area contributed by atoms with Crippen LogP contribution < -0.4 is 10.6 Å². The van der Waals surface area contributed by atoms with E-state index in [1.165, 1.54) is 6.92 Å². The summed E-state index contributed by atoms with van der Waals surface area (Å²) < 4.78 is 5.09. The van der Waals surface area contributed by atoms with Crippen molar-refractivity contribution in [2.75, 3.05) is 6.54 Å². The Morgan fingerprint density at radius 3 is 2.20 bits per heavy atom. The molecule has 0 aliphatic rings. The summed E-state index contributed by atoms with van der Waals surface area (Å²) in [6.07, 6.45) is 0. The van der Waals surface area contributed by atoms with Crippen molar-refractivity contribution in [1.29, 1.82) is 0 Å². The Morgan fingerprint density at radius 2 is 1.56 bits per heavy atom. The highest BCUT2D eigenvalue weighted by atomic mass is 16.5. The van der Waals surface area contributed by atoms with E-state index >= 15 is 0 Å². The number of hydrogen-bond donors (Lipinski definition) is 2. The highest BCUT2D eigenvalue weighted by Gasteiger charge is 2.09. The Balaban J connectivity index is 1.75. The fourth-order valence-corrected chi connectivity index (χ4v) is 2.04. The van der Waals surface area contributed by atoms with Crippen molar-refractivity contribution in [3.05, 3.63) is 71.3 Å². The van der Waals surface area contributed by atoms with Gasteiger partial charge in [0.15, 0.2) is 0 Å². The summed E-state index contributed by atoms with van der Waals surface area (Å²) in [5.74, 6) is -0.974. The number of carbonyl (C=O) groups excluding carboxylic acids is 3. The van der Waals surface area contributed by atoms with Gasteiger partial charge in [0.25, 0.3) is 5.91 Å². The average molecular weight is 340 g/mol. The number of amides is 2. The van der Waals surface area contributed by atoms with Crippen molar-refractivity contribution in [2.45, 2.75) is 20.1 Å². The first-order valence-electron chi connectivity index (χ1n) is 7.85. The van der Waals surface area contributed by atoms with Crippen LogP contribution in [0.3, 0.4) is 0 Å². The largest absolute Gasteiger partial charge is 0.460 e. The highest BCUT2D eigenvalue weighted by molar-refractivity contribution is 5.95. The summed E-state index contributed by atoms with van der Waals surface area (Å²) in [7, 11) is 0. The topological polar surface area (TPSA) is 84.5 Å². The molecule has 2 N–H and O–H groups in total. The number of rotatable bonds is 7. The van der Waals surface area contributed by atoms with Crippen LogP contribution in [0.25, 0.3) is 0 Å². The smallest absolute Gasteiger partial charge is 0.325 e. The van der Waals surface area contributed by atoms with E-state index in [0.29, 0.717) is 12.1 Å². The second kappa shape index (κ2) is 9.22. The molecule has 6 nitrogen and oxygen atoms in total. The van der Waals surface area contributed by atoms with E-state index in [0.717, 1.165) is 11.1 Å². The minimum absolute atomic E-state index is 0.115. The molecule has 0 spiro atoms. The molecule has 0 fully saturated rings. The zero-order valence-corrected chi connectivity index (χ0v) is 14.0. The third-order valence-corrected chi connectivity index (χ3v) is 3.39. The zero-order valence-electron chi connectivity index (χ0n) is 14.0. The molecule has 130 valence electrons. The van der Waals surface area contributed by atoms with Gasteiger partial charge in [-0.1, -0.05) is 42.5 Å². The van der Waals surface area contributed by atoms with E-state index < -0.39 is 5.97 Å². The predicted molar refractivity (Wildman–Crippen MR) is 92.5 cm³/mol. The van der Waals surface area contributed by atoms with Gasteiger partial charge in [-0.15, -0.1) is 0 Å². The molecule has 2 amide bonds. The minimum Gasteiger partial charge on any atom is -0.460 e. The lowest BCUT2D eigenvalue weighted by Crippen LogP contribution is -2.30. The van der Waals surface area contributed by atoms with Crippen molar-refractivity contribution in [1.82, 2.24) is 10.6 Å². The Bertz CT molecular complexity index is 727. The molecule has 25 heavy (non-hydrogen) atoms. The highest BCUT2D eigenvalue weighted by Crippen LogP contribution is 2.05. The fourth-order valence-electron chi connectivity index (χ4n) is 2.04. The van der Waals surface area contributed by atoms with Gasteiger partial charge in [-0.25, -0.2) is 0 Å². The fraction of sp³-hybridized carbons (Fsp3) is 0.211. The van der Waals surface area contributed by atoms with Crippen molar-refractivity contribution in [2.24, 2.45) is 0 Å². The maximum Gasteiger partial charge on any atom is 0.325 e. The molecular weight excluding hydrogens is 320 g/mol. The SMILES string of the molecule is CC(=O)NCc1ccc(C(=O)NCC(=O)OCc2ccccc2)cc1. The maximum absolute atomic E-state index is 12.0. The number of carbonyl (C=O) groups is 3. The lowest BCUT2D eigenvalue weighted by atomic mass is 10.1. The molecule has 2 aromatic carbocycles. The van der Waals surface area contributed by atoms with Gasteiger partial charge in [0, 0.05) is 19.0 Å². The molecule has 2 aromatic rings. The van der Waals surface area contributed by atoms with E-state index in [4.69, 9.17) is 4.74 Å². The first-order valence-corrected chi connectivity index (χ1v) is 7.85. The molecule has 0 aromatic heterocycles. The molecule has 2 rings (SSSR count). The Kier molecular flexibility index (Phi) is 6.71. The summed E-state index contributed by atoms with van der Waals surface area (Å²) in [5.41, 5.74) is 2.20. The van der Waals surface area contributed by atoms with E-state index in [9.17, 15) is 14.4 Å². The number of ether oxygens (including phenoxy) is 1. The normalized spacial score (nSPS) is 9.96. The zero-order chi connectivity index (χ0) is 18.1. The van der Waals surface area contributed by atoms with E-state index in [2.05, 4.69) is 10.6 Å². The Labute approximate surface area is 146 Å². The summed E-state index contributed by atoms with van der Waals surface area (Å²) in [5, 5.41) is 5.20. The molecule has 0 heterocycles. The number of hydrogen-bond acceptors (Lipinski definition) is 4. The van der Waals surface area contributed by atoms with Gasteiger partial charge < -0.3 is 15.4 Å². The monoisotopic (exact) mass is 340 g/mol. The number of nitrogens with one attached hydrogen (secondary N) is 2. The first-order chi connectivity index (χ1) is 12.0. The standard InChI is InChI=1S/C19H20N2O4/c1-14(22)20-11-15-7-9-17(10-8-15)19(24)21-12-18(23)25-13-16-5-3-2-4-6-16/h2-10H,11-13H2,1H3,(H,20,22)(H,21,24). The average Bonchev–Trinajstić information content (AvgIpc) is 2.64. The maximum atomic E-state index is 12.0. The van der Waals surface area contributed by atoms with Crippen LogP contribution in [0.2, 0.25) is 0 Å². The van der Waals surface area contributed by atoms with Crippen LogP contribution in [0.5, 0.6) is 0 Å². The second-order valence-corrected chi connectivity index (χ2v) is 5.44. The Morgan fingerprint density at radius 1 is 0.880 bits per heavy atom. The lowest BCUT2D eigenvalue weighted by molar-refractivity contribution is -0.143. The van der Waals surface area contributed by atoms with Gasteiger partial charge in [-0.3, -0.25) is 14.4 Å². The molecule has 0 radical (unpaired) electrons. The summed E-state index contributed by atoms with van der Waals surface area (Å²) >= 11 is 0. The van der Waals surface area contributed by atoms with E-state index in [1.54, 1.807) is 24.3 Å². The van der Waals surface area contributed by atoms with Crippen LogP contribution in [0.1, 0.15) is 28.4 Å². The molecule has 0 atom stereocenters. The van der Waals surface area contributed by atoms with Crippen molar-refractivity contribution < 1.29 is 19.1 Å². The van der Waals surface area contributed by atoms with Crippen LogP contribution in [-0.2, 0) is 27.5 Å². The lowest BCUT2D eigenvalue weighted by Gasteiger charge is -2.07. The number of esters is 1. The number of benzene rings is 2. The van der Waals surface area contributed by atoms with Crippen LogP contribution in [-0.4, -0.2) is 24.3 Å². The summed E-state index contributed by atoms with van der Waals surface area (Å²) in [4.78, 5) is 34.6. The summed E-state index contributed by atoms with van der Waals surface area (Å²) in [6.45, 7) is 1.83. The van der Waals surface area contributed by atoms with Crippen LogP contribution in [0, 0.1) is 0 Å².